The molecule has 146 valence electrons. The second kappa shape index (κ2) is 7.84. The van der Waals surface area contributed by atoms with Crippen LogP contribution in [-0.2, 0) is 4.79 Å². The lowest BCUT2D eigenvalue weighted by Gasteiger charge is -2.37. The van der Waals surface area contributed by atoms with Gasteiger partial charge in [0.15, 0.2) is 0 Å². The molecule has 2 amide bonds. The van der Waals surface area contributed by atoms with Crippen molar-refractivity contribution < 1.29 is 9.59 Å². The molecular formula is C22H24ClN3O2. The fraction of sp³-hybridized carbons (Fsp3) is 0.364. The maximum atomic E-state index is 13.0. The first kappa shape index (κ1) is 18.8. The number of piperazine rings is 1. The van der Waals surface area contributed by atoms with Crippen LogP contribution >= 0.6 is 11.6 Å². The number of aryl methyl sites for hydroxylation is 1. The molecule has 0 radical (unpaired) electrons. The number of benzene rings is 2. The number of halogens is 1. The van der Waals surface area contributed by atoms with Gasteiger partial charge < -0.3 is 14.7 Å². The Labute approximate surface area is 170 Å². The number of anilines is 2. The molecule has 2 heterocycles. The summed E-state index contributed by atoms with van der Waals surface area (Å²) in [6, 6.07) is 13.4. The molecule has 5 nitrogen and oxygen atoms in total. The Hall–Kier alpha value is -2.53. The van der Waals surface area contributed by atoms with E-state index < -0.39 is 0 Å². The number of nitrogens with zero attached hydrogens (tertiary/aromatic N) is 3. The largest absolute Gasteiger partial charge is 0.368 e. The second-order valence-electron chi connectivity index (χ2n) is 7.41. The fourth-order valence-corrected chi connectivity index (χ4v) is 4.26. The average Bonchev–Trinajstić information content (AvgIpc) is 3.14. The summed E-state index contributed by atoms with van der Waals surface area (Å²) in [4.78, 5) is 31.0. The Kier molecular flexibility index (Phi) is 5.27. The van der Waals surface area contributed by atoms with Crippen molar-refractivity contribution in [2.75, 3.05) is 42.5 Å². The average molecular weight is 398 g/mol. The van der Waals surface area contributed by atoms with Crippen molar-refractivity contribution in [3.63, 3.8) is 0 Å². The van der Waals surface area contributed by atoms with Gasteiger partial charge >= 0.3 is 0 Å². The lowest BCUT2D eigenvalue weighted by molar-refractivity contribution is -0.117. The molecule has 0 aromatic heterocycles. The zero-order valence-electron chi connectivity index (χ0n) is 16.0. The second-order valence-corrected chi connectivity index (χ2v) is 7.85. The summed E-state index contributed by atoms with van der Waals surface area (Å²) in [6.07, 6.45) is 1.47. The fourth-order valence-electron chi connectivity index (χ4n) is 4.03. The highest BCUT2D eigenvalue weighted by atomic mass is 35.5. The third kappa shape index (κ3) is 3.72. The molecule has 28 heavy (non-hydrogen) atoms. The van der Waals surface area contributed by atoms with E-state index in [2.05, 4.69) is 11.8 Å². The lowest BCUT2D eigenvalue weighted by Crippen LogP contribution is -2.49. The van der Waals surface area contributed by atoms with E-state index in [0.29, 0.717) is 25.1 Å². The van der Waals surface area contributed by atoms with E-state index >= 15 is 0 Å². The predicted molar refractivity (Wildman–Crippen MR) is 112 cm³/mol. The molecule has 0 N–H and O–H groups in total. The maximum absolute atomic E-state index is 13.0. The Bertz CT molecular complexity index is 906. The summed E-state index contributed by atoms with van der Waals surface area (Å²) in [6.45, 7) is 5.72. The van der Waals surface area contributed by atoms with Gasteiger partial charge in [0.05, 0.1) is 0 Å². The molecular weight excluding hydrogens is 374 g/mol. The monoisotopic (exact) mass is 397 g/mol. The Morgan fingerprint density at radius 3 is 2.46 bits per heavy atom. The first-order valence-electron chi connectivity index (χ1n) is 9.74. The molecule has 0 bridgehead atoms. The maximum Gasteiger partial charge on any atom is 0.254 e. The van der Waals surface area contributed by atoms with E-state index in [1.165, 1.54) is 5.69 Å². The molecule has 0 spiro atoms. The summed E-state index contributed by atoms with van der Waals surface area (Å²) in [5.74, 6) is 0.164. The van der Waals surface area contributed by atoms with Gasteiger partial charge in [-0.15, -0.1) is 0 Å². The number of carbonyl (C=O) groups is 2. The van der Waals surface area contributed by atoms with Gasteiger partial charge in [-0.25, -0.2) is 0 Å². The number of hydrogen-bond acceptors (Lipinski definition) is 3. The number of hydrogen-bond donors (Lipinski definition) is 0. The van der Waals surface area contributed by atoms with Gasteiger partial charge in [-0.3, -0.25) is 9.59 Å². The topological polar surface area (TPSA) is 43.9 Å². The van der Waals surface area contributed by atoms with Crippen molar-refractivity contribution in [2.45, 2.75) is 19.8 Å². The molecule has 0 unspecified atom stereocenters. The van der Waals surface area contributed by atoms with E-state index in [9.17, 15) is 9.59 Å². The molecule has 0 aliphatic carbocycles. The van der Waals surface area contributed by atoms with Gasteiger partial charge in [0.2, 0.25) is 5.91 Å². The zero-order chi connectivity index (χ0) is 19.7. The predicted octanol–water partition coefficient (Wildman–Crippen LogP) is 3.74. The first-order valence-corrected chi connectivity index (χ1v) is 10.1. The third-order valence-corrected chi connectivity index (χ3v) is 5.78. The van der Waals surface area contributed by atoms with Crippen LogP contribution in [0.2, 0.25) is 5.02 Å². The van der Waals surface area contributed by atoms with Gasteiger partial charge in [-0.1, -0.05) is 17.7 Å². The molecule has 0 saturated carbocycles. The van der Waals surface area contributed by atoms with Crippen molar-refractivity contribution in [1.82, 2.24) is 4.90 Å². The molecule has 2 aromatic carbocycles. The van der Waals surface area contributed by atoms with Crippen molar-refractivity contribution in [3.05, 3.63) is 58.6 Å². The Morgan fingerprint density at radius 2 is 1.79 bits per heavy atom. The van der Waals surface area contributed by atoms with Crippen LogP contribution in [0.3, 0.4) is 0 Å². The molecule has 4 rings (SSSR count). The highest BCUT2D eigenvalue weighted by Gasteiger charge is 2.25. The van der Waals surface area contributed by atoms with E-state index in [4.69, 9.17) is 11.6 Å². The third-order valence-electron chi connectivity index (χ3n) is 5.54. The van der Waals surface area contributed by atoms with Crippen LogP contribution in [0.15, 0.2) is 42.5 Å². The van der Waals surface area contributed by atoms with Crippen LogP contribution in [0, 0.1) is 6.92 Å². The molecule has 2 aromatic rings. The summed E-state index contributed by atoms with van der Waals surface area (Å²) in [5.41, 5.74) is 3.79. The van der Waals surface area contributed by atoms with Gasteiger partial charge in [-0.2, -0.15) is 0 Å². The van der Waals surface area contributed by atoms with Crippen molar-refractivity contribution in [3.8, 4) is 0 Å². The van der Waals surface area contributed by atoms with Crippen LogP contribution in [-0.4, -0.2) is 49.4 Å². The number of rotatable bonds is 3. The van der Waals surface area contributed by atoms with Gasteiger partial charge in [0.1, 0.15) is 0 Å². The molecule has 6 heteroatoms. The van der Waals surface area contributed by atoms with Crippen molar-refractivity contribution in [2.24, 2.45) is 0 Å². The molecule has 2 aliphatic rings. The van der Waals surface area contributed by atoms with Crippen molar-refractivity contribution >= 4 is 34.8 Å². The minimum atomic E-state index is 0.0287. The summed E-state index contributed by atoms with van der Waals surface area (Å²) < 4.78 is 0. The van der Waals surface area contributed by atoms with E-state index in [0.717, 1.165) is 42.3 Å². The SMILES string of the molecule is Cc1cc(Cl)ccc1N1CCN(C(=O)c2cccc(N3CCCC3=O)c2)CC1. The Morgan fingerprint density at radius 1 is 1.00 bits per heavy atom. The van der Waals surface area contributed by atoms with Crippen LogP contribution in [0.5, 0.6) is 0 Å². The Balaban J connectivity index is 1.43. The van der Waals surface area contributed by atoms with E-state index in [-0.39, 0.29) is 11.8 Å². The highest BCUT2D eigenvalue weighted by Crippen LogP contribution is 2.26. The number of amides is 2. The van der Waals surface area contributed by atoms with Gasteiger partial charge in [0, 0.05) is 61.1 Å². The van der Waals surface area contributed by atoms with Crippen LogP contribution < -0.4 is 9.80 Å². The normalized spacial score (nSPS) is 17.4. The van der Waals surface area contributed by atoms with Crippen LogP contribution in [0.1, 0.15) is 28.8 Å². The van der Waals surface area contributed by atoms with Gasteiger partial charge in [-0.05, 0) is 55.3 Å². The first-order chi connectivity index (χ1) is 13.5. The molecule has 2 aliphatic heterocycles. The highest BCUT2D eigenvalue weighted by molar-refractivity contribution is 6.30. The molecule has 2 saturated heterocycles. The van der Waals surface area contributed by atoms with Crippen molar-refractivity contribution in [1.29, 1.82) is 0 Å². The summed E-state index contributed by atoms with van der Waals surface area (Å²) >= 11 is 6.06. The quantitative estimate of drug-likeness (QED) is 0.792. The zero-order valence-corrected chi connectivity index (χ0v) is 16.8. The number of carbonyl (C=O) groups excluding carboxylic acids is 2. The smallest absolute Gasteiger partial charge is 0.254 e. The standard InChI is InChI=1S/C22H24ClN3O2/c1-16-14-18(23)7-8-20(16)24-10-12-25(13-11-24)22(28)17-4-2-5-19(15-17)26-9-3-6-21(26)27/h2,4-5,7-8,14-15H,3,6,9-13H2,1H3. The minimum absolute atomic E-state index is 0.0287. The van der Waals surface area contributed by atoms with Crippen LogP contribution in [0.25, 0.3) is 0 Å². The van der Waals surface area contributed by atoms with E-state index in [1.54, 1.807) is 4.90 Å². The summed E-state index contributed by atoms with van der Waals surface area (Å²) in [7, 11) is 0. The molecule has 0 atom stereocenters. The van der Waals surface area contributed by atoms with E-state index in [1.807, 2.05) is 47.4 Å². The molecule has 2 fully saturated rings. The minimum Gasteiger partial charge on any atom is -0.368 e. The lowest BCUT2D eigenvalue weighted by atomic mass is 10.1. The summed E-state index contributed by atoms with van der Waals surface area (Å²) in [5, 5.41) is 0.742. The van der Waals surface area contributed by atoms with Gasteiger partial charge in [0.25, 0.3) is 5.91 Å². The van der Waals surface area contributed by atoms with Crippen LogP contribution in [0.4, 0.5) is 11.4 Å².